The van der Waals surface area contributed by atoms with Gasteiger partial charge >= 0.3 is 5.69 Å². The molecule has 9 nitrogen and oxygen atoms in total. The number of halogens is 2. The van der Waals surface area contributed by atoms with Crippen molar-refractivity contribution in [3.63, 3.8) is 0 Å². The number of hydrogen-bond donors (Lipinski definition) is 3. The number of rotatable bonds is 5. The van der Waals surface area contributed by atoms with Crippen LogP contribution >= 0.6 is 22.9 Å². The zero-order chi connectivity index (χ0) is 23.9. The number of fused-ring (bicyclic) bond motifs is 1. The Morgan fingerprint density at radius 2 is 1.91 bits per heavy atom. The molecule has 2 aromatic heterocycles. The molecule has 0 atom stereocenters. The van der Waals surface area contributed by atoms with Crippen molar-refractivity contribution in [3.8, 4) is 5.69 Å². The van der Waals surface area contributed by atoms with Crippen LogP contribution in [-0.2, 0) is 16.7 Å². The summed E-state index contributed by atoms with van der Waals surface area (Å²) in [5.74, 6) is -1.02. The number of anilines is 1. The maximum absolute atomic E-state index is 13.8. The molecule has 0 spiro atoms. The molecule has 33 heavy (non-hydrogen) atoms. The SMILES string of the molecule is Nc1ccc2c(=O)n(-c3ccc(C(=O)NS(=O)(=O)c4ccc(Cl)s4)cc3CF)c(=O)[nH]c2c1. The fraction of sp³-hybridized carbons (Fsp3) is 0.0500. The normalized spacial score (nSPS) is 11.6. The number of carbonyl (C=O) groups is 1. The number of hydrogen-bond acceptors (Lipinski definition) is 7. The first-order valence-electron chi connectivity index (χ1n) is 9.17. The van der Waals surface area contributed by atoms with Gasteiger partial charge in [0.1, 0.15) is 10.9 Å². The number of amides is 1. The number of sulfonamides is 1. The van der Waals surface area contributed by atoms with Gasteiger partial charge in [-0.15, -0.1) is 11.3 Å². The molecule has 4 aromatic rings. The second kappa shape index (κ2) is 8.46. The molecule has 0 unspecified atom stereocenters. The highest BCUT2D eigenvalue weighted by molar-refractivity contribution is 7.92. The third kappa shape index (κ3) is 4.27. The third-order valence-electron chi connectivity index (χ3n) is 4.69. The minimum absolute atomic E-state index is 0.0908. The topological polar surface area (TPSA) is 144 Å². The summed E-state index contributed by atoms with van der Waals surface area (Å²) in [5.41, 5.74) is 4.26. The molecule has 0 aliphatic carbocycles. The van der Waals surface area contributed by atoms with Crippen LogP contribution < -0.4 is 21.7 Å². The van der Waals surface area contributed by atoms with E-state index in [9.17, 15) is 27.2 Å². The molecule has 0 bridgehead atoms. The lowest BCUT2D eigenvalue weighted by molar-refractivity contribution is 0.0981. The lowest BCUT2D eigenvalue weighted by atomic mass is 10.1. The van der Waals surface area contributed by atoms with Crippen molar-refractivity contribution in [1.82, 2.24) is 14.3 Å². The fourth-order valence-electron chi connectivity index (χ4n) is 3.18. The molecule has 2 aromatic carbocycles. The molecule has 2 heterocycles. The second-order valence-electron chi connectivity index (χ2n) is 6.85. The largest absolute Gasteiger partial charge is 0.399 e. The van der Waals surface area contributed by atoms with Gasteiger partial charge in [0, 0.05) is 16.8 Å². The first-order chi connectivity index (χ1) is 15.6. The smallest absolute Gasteiger partial charge is 0.333 e. The van der Waals surface area contributed by atoms with Crippen LogP contribution in [0.3, 0.4) is 0 Å². The van der Waals surface area contributed by atoms with Crippen LogP contribution in [0, 0.1) is 0 Å². The highest BCUT2D eigenvalue weighted by Gasteiger charge is 2.22. The Morgan fingerprint density at radius 1 is 1.15 bits per heavy atom. The van der Waals surface area contributed by atoms with E-state index in [1.54, 1.807) is 0 Å². The number of thiophene rings is 1. The summed E-state index contributed by atoms with van der Waals surface area (Å²) in [6, 6.07) is 10.4. The lowest BCUT2D eigenvalue weighted by Crippen LogP contribution is -2.34. The summed E-state index contributed by atoms with van der Waals surface area (Å²) in [6.07, 6.45) is 0. The van der Waals surface area contributed by atoms with E-state index in [-0.39, 0.29) is 36.3 Å². The van der Waals surface area contributed by atoms with Gasteiger partial charge in [0.15, 0.2) is 0 Å². The van der Waals surface area contributed by atoms with Crippen LogP contribution in [0.5, 0.6) is 0 Å². The summed E-state index contributed by atoms with van der Waals surface area (Å²) >= 11 is 6.51. The fourth-order valence-corrected chi connectivity index (χ4v) is 5.64. The minimum atomic E-state index is -4.19. The van der Waals surface area contributed by atoms with Crippen molar-refractivity contribution in [3.05, 3.63) is 84.8 Å². The predicted molar refractivity (Wildman–Crippen MR) is 123 cm³/mol. The van der Waals surface area contributed by atoms with Gasteiger partial charge in [0.05, 0.1) is 20.9 Å². The monoisotopic (exact) mass is 508 g/mol. The molecule has 170 valence electrons. The van der Waals surface area contributed by atoms with Gasteiger partial charge in [0.25, 0.3) is 21.5 Å². The first kappa shape index (κ1) is 22.7. The number of carbonyl (C=O) groups excluding carboxylic acids is 1. The highest BCUT2D eigenvalue weighted by atomic mass is 35.5. The molecule has 0 radical (unpaired) electrons. The van der Waals surface area contributed by atoms with E-state index in [1.165, 1.54) is 42.5 Å². The zero-order valence-electron chi connectivity index (χ0n) is 16.5. The van der Waals surface area contributed by atoms with Gasteiger partial charge in [0.2, 0.25) is 0 Å². The summed E-state index contributed by atoms with van der Waals surface area (Å²) in [6.45, 7) is -1.13. The van der Waals surface area contributed by atoms with Crippen molar-refractivity contribution in [2.75, 3.05) is 5.73 Å². The maximum Gasteiger partial charge on any atom is 0.333 e. The van der Waals surface area contributed by atoms with Crippen molar-refractivity contribution in [1.29, 1.82) is 0 Å². The summed E-state index contributed by atoms with van der Waals surface area (Å²) < 4.78 is 41.2. The second-order valence-corrected chi connectivity index (χ2v) is 10.5. The van der Waals surface area contributed by atoms with E-state index in [1.807, 2.05) is 4.72 Å². The van der Waals surface area contributed by atoms with Crippen LogP contribution in [0.4, 0.5) is 10.1 Å². The standard InChI is InChI=1S/C20H14ClFN4O5S2/c21-16-5-6-17(32-16)33(30,31)25-18(27)10-1-4-15(11(7-10)9-22)26-19(28)13-3-2-12(23)8-14(13)24-20(26)29/h1-8H,9,23H2,(H,24,29)(H,25,27). The molecule has 1 amide bonds. The molecule has 0 saturated carbocycles. The summed E-state index contributed by atoms with van der Waals surface area (Å²) in [7, 11) is -4.19. The molecule has 0 saturated heterocycles. The van der Waals surface area contributed by atoms with Gasteiger partial charge in [-0.05, 0) is 48.5 Å². The number of nitrogens with zero attached hydrogens (tertiary/aromatic N) is 1. The molecule has 0 fully saturated rings. The number of benzene rings is 2. The van der Waals surface area contributed by atoms with E-state index < -0.39 is 33.9 Å². The van der Waals surface area contributed by atoms with Crippen LogP contribution in [0.15, 0.2) is 62.3 Å². The van der Waals surface area contributed by atoms with Crippen molar-refractivity contribution in [2.45, 2.75) is 10.9 Å². The van der Waals surface area contributed by atoms with Gasteiger partial charge in [-0.25, -0.2) is 26.9 Å². The third-order valence-corrected chi connectivity index (χ3v) is 7.74. The molecular weight excluding hydrogens is 495 g/mol. The Labute approximate surface area is 194 Å². The van der Waals surface area contributed by atoms with Gasteiger partial charge in [-0.1, -0.05) is 11.6 Å². The van der Waals surface area contributed by atoms with Crippen LogP contribution in [0.25, 0.3) is 16.6 Å². The number of nitrogen functional groups attached to an aromatic ring is 1. The van der Waals surface area contributed by atoms with E-state index in [4.69, 9.17) is 17.3 Å². The number of aromatic amines is 1. The Balaban J connectivity index is 1.75. The Kier molecular flexibility index (Phi) is 5.82. The van der Waals surface area contributed by atoms with Crippen LogP contribution in [0.1, 0.15) is 15.9 Å². The average Bonchev–Trinajstić information content (AvgIpc) is 3.20. The first-order valence-corrected chi connectivity index (χ1v) is 11.8. The van der Waals surface area contributed by atoms with Gasteiger partial charge < -0.3 is 10.7 Å². The maximum atomic E-state index is 13.8. The number of alkyl halides is 1. The number of nitrogens with two attached hydrogens (primary N) is 1. The van der Waals surface area contributed by atoms with E-state index in [0.717, 1.165) is 22.0 Å². The molecule has 13 heteroatoms. The Morgan fingerprint density at radius 3 is 2.58 bits per heavy atom. The van der Waals surface area contributed by atoms with E-state index >= 15 is 0 Å². The molecule has 4 rings (SSSR count). The Bertz CT molecular complexity index is 1640. The molecule has 0 aliphatic heterocycles. The van der Waals surface area contributed by atoms with Crippen molar-refractivity contribution in [2.24, 2.45) is 0 Å². The molecule has 4 N–H and O–H groups in total. The zero-order valence-corrected chi connectivity index (χ0v) is 18.9. The Hall–Kier alpha value is -3.48. The number of aromatic nitrogens is 2. The van der Waals surface area contributed by atoms with E-state index in [2.05, 4.69) is 4.98 Å². The van der Waals surface area contributed by atoms with Crippen LogP contribution in [0.2, 0.25) is 4.34 Å². The number of nitrogens with one attached hydrogen (secondary N) is 2. The average molecular weight is 509 g/mol. The van der Waals surface area contributed by atoms with E-state index in [0.29, 0.717) is 5.69 Å². The van der Waals surface area contributed by atoms with Crippen LogP contribution in [-0.4, -0.2) is 23.9 Å². The van der Waals surface area contributed by atoms with Crippen molar-refractivity contribution >= 4 is 55.5 Å². The number of H-pyrrole nitrogens is 1. The summed E-state index contributed by atoms with van der Waals surface area (Å²) in [5, 5.41) is 0.149. The predicted octanol–water partition coefficient (Wildman–Crippen LogP) is 2.56. The minimum Gasteiger partial charge on any atom is -0.399 e. The van der Waals surface area contributed by atoms with Gasteiger partial charge in [-0.3, -0.25) is 9.59 Å². The highest BCUT2D eigenvalue weighted by Crippen LogP contribution is 2.25. The molecule has 0 aliphatic rings. The summed E-state index contributed by atoms with van der Waals surface area (Å²) in [4.78, 5) is 40.5. The lowest BCUT2D eigenvalue weighted by Gasteiger charge is -2.12. The quantitative estimate of drug-likeness (QED) is 0.353. The van der Waals surface area contributed by atoms with Gasteiger partial charge in [-0.2, -0.15) is 0 Å². The molecular formula is C20H14ClFN4O5S2. The van der Waals surface area contributed by atoms with Crippen molar-refractivity contribution < 1.29 is 17.6 Å².